The van der Waals surface area contributed by atoms with Crippen molar-refractivity contribution in [3.63, 3.8) is 0 Å². The number of rotatable bonds is 5. The number of fused-ring (bicyclic) bond motifs is 1. The molecule has 1 aromatic carbocycles. The van der Waals surface area contributed by atoms with E-state index in [1.54, 1.807) is 0 Å². The van der Waals surface area contributed by atoms with Crippen molar-refractivity contribution < 1.29 is 4.74 Å². The van der Waals surface area contributed by atoms with Gasteiger partial charge >= 0.3 is 0 Å². The summed E-state index contributed by atoms with van der Waals surface area (Å²) in [5.41, 5.74) is 1.29. The third kappa shape index (κ3) is 3.58. The van der Waals surface area contributed by atoms with E-state index < -0.39 is 0 Å². The van der Waals surface area contributed by atoms with Crippen LogP contribution < -0.4 is 10.1 Å². The first-order chi connectivity index (χ1) is 8.40. The van der Waals surface area contributed by atoms with Gasteiger partial charge in [0.15, 0.2) is 0 Å². The zero-order chi connectivity index (χ0) is 11.9. The molecule has 0 radical (unpaired) electrons. The fourth-order valence-corrected chi connectivity index (χ4v) is 2.01. The van der Waals surface area contributed by atoms with Crippen molar-refractivity contribution in [3.05, 3.63) is 42.5 Å². The summed E-state index contributed by atoms with van der Waals surface area (Å²) in [5, 5.41) is 3.33. The van der Waals surface area contributed by atoms with Crippen molar-refractivity contribution in [3.8, 4) is 5.75 Å². The van der Waals surface area contributed by atoms with Gasteiger partial charge in [-0.15, -0.1) is 6.58 Å². The second-order valence-corrected chi connectivity index (χ2v) is 4.23. The third-order valence-electron chi connectivity index (χ3n) is 2.93. The minimum Gasteiger partial charge on any atom is -0.492 e. The molecule has 1 aliphatic rings. The van der Waals surface area contributed by atoms with E-state index in [2.05, 4.69) is 35.0 Å². The first kappa shape index (κ1) is 12.1. The van der Waals surface area contributed by atoms with Gasteiger partial charge in [0.1, 0.15) is 12.4 Å². The maximum absolute atomic E-state index is 5.73. The van der Waals surface area contributed by atoms with Crippen LogP contribution in [-0.2, 0) is 6.54 Å². The number of benzene rings is 1. The van der Waals surface area contributed by atoms with E-state index in [-0.39, 0.29) is 0 Å². The SMILES string of the molecule is C=CCNCCN1CCOc2ccccc2C1. The molecule has 3 heteroatoms. The van der Waals surface area contributed by atoms with Gasteiger partial charge in [0.2, 0.25) is 0 Å². The van der Waals surface area contributed by atoms with Crippen molar-refractivity contribution in [1.29, 1.82) is 0 Å². The molecule has 0 aromatic heterocycles. The second kappa shape index (κ2) is 6.42. The molecule has 0 bridgehead atoms. The minimum absolute atomic E-state index is 0.776. The Kier molecular flexibility index (Phi) is 4.59. The molecule has 1 N–H and O–H groups in total. The minimum atomic E-state index is 0.776. The standard InChI is InChI=1S/C14H20N2O/c1-2-7-15-8-9-16-10-11-17-14-6-4-3-5-13(14)12-16/h2-6,15H,1,7-12H2. The summed E-state index contributed by atoms with van der Waals surface area (Å²) >= 11 is 0. The molecular formula is C14H20N2O. The Morgan fingerprint density at radius 2 is 2.29 bits per heavy atom. The fraction of sp³-hybridized carbons (Fsp3) is 0.429. The zero-order valence-corrected chi connectivity index (χ0v) is 10.2. The molecule has 0 unspecified atom stereocenters. The van der Waals surface area contributed by atoms with Crippen molar-refractivity contribution in [2.45, 2.75) is 6.54 Å². The van der Waals surface area contributed by atoms with Crippen LogP contribution in [0.4, 0.5) is 0 Å². The summed E-state index contributed by atoms with van der Waals surface area (Å²) in [6.07, 6.45) is 1.89. The van der Waals surface area contributed by atoms with Gasteiger partial charge < -0.3 is 10.1 Å². The Balaban J connectivity index is 1.87. The number of para-hydroxylation sites is 1. The van der Waals surface area contributed by atoms with Crippen LogP contribution in [0.2, 0.25) is 0 Å². The van der Waals surface area contributed by atoms with Crippen molar-refractivity contribution in [2.75, 3.05) is 32.8 Å². The van der Waals surface area contributed by atoms with Crippen LogP contribution in [-0.4, -0.2) is 37.7 Å². The topological polar surface area (TPSA) is 24.5 Å². The van der Waals surface area contributed by atoms with Gasteiger partial charge in [0, 0.05) is 38.3 Å². The third-order valence-corrected chi connectivity index (χ3v) is 2.93. The molecule has 92 valence electrons. The van der Waals surface area contributed by atoms with Crippen LogP contribution >= 0.6 is 0 Å². The van der Waals surface area contributed by atoms with E-state index in [0.717, 1.165) is 45.1 Å². The number of nitrogens with zero attached hydrogens (tertiary/aromatic N) is 1. The molecule has 0 fully saturated rings. The summed E-state index contributed by atoms with van der Waals surface area (Å²) in [5.74, 6) is 1.04. The largest absolute Gasteiger partial charge is 0.492 e. The maximum atomic E-state index is 5.73. The highest BCUT2D eigenvalue weighted by Gasteiger charge is 2.13. The van der Waals surface area contributed by atoms with E-state index in [1.807, 2.05) is 12.1 Å². The van der Waals surface area contributed by atoms with Gasteiger partial charge in [0.25, 0.3) is 0 Å². The Morgan fingerprint density at radius 3 is 3.18 bits per heavy atom. The van der Waals surface area contributed by atoms with Crippen LogP contribution in [0.3, 0.4) is 0 Å². The smallest absolute Gasteiger partial charge is 0.123 e. The Bertz CT molecular complexity index is 365. The highest BCUT2D eigenvalue weighted by molar-refractivity contribution is 5.33. The van der Waals surface area contributed by atoms with E-state index in [0.29, 0.717) is 0 Å². The molecular weight excluding hydrogens is 212 g/mol. The average molecular weight is 232 g/mol. The lowest BCUT2D eigenvalue weighted by atomic mass is 10.2. The highest BCUT2D eigenvalue weighted by atomic mass is 16.5. The van der Waals surface area contributed by atoms with Gasteiger partial charge in [-0.3, -0.25) is 4.90 Å². The Labute approximate surface area is 103 Å². The number of hydrogen-bond donors (Lipinski definition) is 1. The molecule has 2 rings (SSSR count). The Morgan fingerprint density at radius 1 is 1.41 bits per heavy atom. The van der Waals surface area contributed by atoms with E-state index in [4.69, 9.17) is 4.74 Å². The number of hydrogen-bond acceptors (Lipinski definition) is 3. The van der Waals surface area contributed by atoms with Crippen molar-refractivity contribution in [1.82, 2.24) is 10.2 Å². The number of ether oxygens (including phenoxy) is 1. The predicted octanol–water partition coefficient (Wildman–Crippen LogP) is 1.66. The lowest BCUT2D eigenvalue weighted by Crippen LogP contribution is -2.33. The summed E-state index contributed by atoms with van der Waals surface area (Å²) in [6, 6.07) is 8.29. The highest BCUT2D eigenvalue weighted by Crippen LogP contribution is 2.21. The molecule has 0 atom stereocenters. The van der Waals surface area contributed by atoms with Crippen LogP contribution in [0.1, 0.15) is 5.56 Å². The second-order valence-electron chi connectivity index (χ2n) is 4.23. The van der Waals surface area contributed by atoms with Crippen LogP contribution in [0, 0.1) is 0 Å². The predicted molar refractivity (Wildman–Crippen MR) is 70.3 cm³/mol. The molecule has 1 aliphatic heterocycles. The van der Waals surface area contributed by atoms with Crippen molar-refractivity contribution in [2.24, 2.45) is 0 Å². The quantitative estimate of drug-likeness (QED) is 0.617. The summed E-state index contributed by atoms with van der Waals surface area (Å²) in [4.78, 5) is 2.42. The van der Waals surface area contributed by atoms with E-state index >= 15 is 0 Å². The van der Waals surface area contributed by atoms with Crippen LogP contribution in [0.25, 0.3) is 0 Å². The first-order valence-electron chi connectivity index (χ1n) is 6.15. The molecule has 0 saturated carbocycles. The maximum Gasteiger partial charge on any atom is 0.123 e. The average Bonchev–Trinajstić information content (AvgIpc) is 2.56. The van der Waals surface area contributed by atoms with E-state index in [9.17, 15) is 0 Å². The van der Waals surface area contributed by atoms with Gasteiger partial charge in [-0.2, -0.15) is 0 Å². The molecule has 1 heterocycles. The zero-order valence-electron chi connectivity index (χ0n) is 10.2. The van der Waals surface area contributed by atoms with Gasteiger partial charge in [-0.05, 0) is 6.07 Å². The molecule has 0 spiro atoms. The van der Waals surface area contributed by atoms with Crippen molar-refractivity contribution >= 4 is 0 Å². The van der Waals surface area contributed by atoms with Crippen LogP contribution in [0.15, 0.2) is 36.9 Å². The molecule has 0 aliphatic carbocycles. The van der Waals surface area contributed by atoms with Gasteiger partial charge in [-0.25, -0.2) is 0 Å². The summed E-state index contributed by atoms with van der Waals surface area (Å²) in [6.45, 7) is 9.36. The summed E-state index contributed by atoms with van der Waals surface area (Å²) < 4.78 is 5.73. The summed E-state index contributed by atoms with van der Waals surface area (Å²) in [7, 11) is 0. The number of nitrogens with one attached hydrogen (secondary N) is 1. The normalized spacial score (nSPS) is 15.8. The monoisotopic (exact) mass is 232 g/mol. The fourth-order valence-electron chi connectivity index (χ4n) is 2.01. The lowest BCUT2D eigenvalue weighted by Gasteiger charge is -2.19. The molecule has 3 nitrogen and oxygen atoms in total. The van der Waals surface area contributed by atoms with Crippen LogP contribution in [0.5, 0.6) is 5.75 Å². The molecule has 0 amide bonds. The van der Waals surface area contributed by atoms with E-state index in [1.165, 1.54) is 5.56 Å². The lowest BCUT2D eigenvalue weighted by molar-refractivity contribution is 0.227. The van der Waals surface area contributed by atoms with Gasteiger partial charge in [0.05, 0.1) is 0 Å². The van der Waals surface area contributed by atoms with Gasteiger partial charge in [-0.1, -0.05) is 24.3 Å². The molecule has 0 saturated heterocycles. The molecule has 17 heavy (non-hydrogen) atoms. The Hall–Kier alpha value is -1.32. The molecule has 1 aromatic rings. The first-order valence-corrected chi connectivity index (χ1v) is 6.15.